The molecule has 2 aromatic heterocycles. The van der Waals surface area contributed by atoms with Crippen molar-refractivity contribution in [2.45, 2.75) is 27.2 Å². The van der Waals surface area contributed by atoms with Gasteiger partial charge in [-0.1, -0.05) is 13.8 Å². The van der Waals surface area contributed by atoms with E-state index in [2.05, 4.69) is 39.1 Å². The quantitative estimate of drug-likeness (QED) is 0.911. The lowest BCUT2D eigenvalue weighted by Crippen LogP contribution is -2.05. The molecular formula is C14H19N5. The van der Waals surface area contributed by atoms with Gasteiger partial charge in [0.1, 0.15) is 5.82 Å². The average molecular weight is 257 g/mol. The van der Waals surface area contributed by atoms with E-state index < -0.39 is 0 Å². The molecule has 5 nitrogen and oxygen atoms in total. The summed E-state index contributed by atoms with van der Waals surface area (Å²) in [6, 6.07) is 1.97. The van der Waals surface area contributed by atoms with E-state index in [9.17, 15) is 0 Å². The first-order valence-corrected chi connectivity index (χ1v) is 6.43. The molecule has 0 fully saturated rings. The van der Waals surface area contributed by atoms with Gasteiger partial charge in [0.05, 0.1) is 0 Å². The summed E-state index contributed by atoms with van der Waals surface area (Å²) >= 11 is 0. The van der Waals surface area contributed by atoms with E-state index in [0.717, 1.165) is 23.5 Å². The Bertz CT molecular complexity index is 548. The highest BCUT2D eigenvalue weighted by atomic mass is 15.0. The van der Waals surface area contributed by atoms with Crippen LogP contribution in [0.25, 0.3) is 11.6 Å². The van der Waals surface area contributed by atoms with Crippen molar-refractivity contribution in [1.82, 2.24) is 19.9 Å². The number of hydrogen-bond acceptors (Lipinski definition) is 5. The second-order valence-electron chi connectivity index (χ2n) is 5.00. The molecule has 19 heavy (non-hydrogen) atoms. The lowest BCUT2D eigenvalue weighted by atomic mass is 10.1. The zero-order valence-corrected chi connectivity index (χ0v) is 11.8. The molecule has 100 valence electrons. The molecule has 2 heterocycles. The fraction of sp³-hybridized carbons (Fsp3) is 0.429. The maximum Gasteiger partial charge on any atom is 0.199 e. The fourth-order valence-electron chi connectivity index (χ4n) is 1.76. The number of nitrogens with zero attached hydrogens (tertiary/aromatic N) is 4. The summed E-state index contributed by atoms with van der Waals surface area (Å²) in [5, 5.41) is 3.06. The highest BCUT2D eigenvalue weighted by Gasteiger charge is 2.09. The Hall–Kier alpha value is -2.04. The number of anilines is 1. The van der Waals surface area contributed by atoms with Crippen molar-refractivity contribution in [3.8, 4) is 11.6 Å². The van der Waals surface area contributed by atoms with Crippen LogP contribution in [0.4, 0.5) is 5.82 Å². The Balaban J connectivity index is 2.41. The lowest BCUT2D eigenvalue weighted by Gasteiger charge is -2.08. The maximum atomic E-state index is 4.55. The van der Waals surface area contributed by atoms with Crippen LogP contribution < -0.4 is 5.32 Å². The molecule has 0 amide bonds. The van der Waals surface area contributed by atoms with Gasteiger partial charge in [-0.15, -0.1) is 0 Å². The molecule has 0 aliphatic heterocycles. The van der Waals surface area contributed by atoms with Crippen molar-refractivity contribution in [2.75, 3.05) is 12.4 Å². The largest absolute Gasteiger partial charge is 0.373 e. The first-order valence-electron chi connectivity index (χ1n) is 6.43. The van der Waals surface area contributed by atoms with Crippen molar-refractivity contribution in [3.63, 3.8) is 0 Å². The van der Waals surface area contributed by atoms with E-state index >= 15 is 0 Å². The van der Waals surface area contributed by atoms with Crippen molar-refractivity contribution in [3.05, 3.63) is 29.7 Å². The standard InChI is InChI=1S/C14H19N5/c1-9(2)5-11-6-12(15-4)19-14(18-11)13-16-7-10(3)8-17-13/h6-9H,5H2,1-4H3,(H,15,18,19). The third-order valence-corrected chi connectivity index (χ3v) is 2.63. The fourth-order valence-corrected chi connectivity index (χ4v) is 1.76. The summed E-state index contributed by atoms with van der Waals surface area (Å²) < 4.78 is 0. The highest BCUT2D eigenvalue weighted by Crippen LogP contribution is 2.16. The summed E-state index contributed by atoms with van der Waals surface area (Å²) in [7, 11) is 1.85. The molecule has 0 aromatic carbocycles. The highest BCUT2D eigenvalue weighted by molar-refractivity contribution is 5.49. The summed E-state index contributed by atoms with van der Waals surface area (Å²) in [6.45, 7) is 6.30. The minimum atomic E-state index is 0.548. The van der Waals surface area contributed by atoms with Crippen LogP contribution >= 0.6 is 0 Å². The minimum absolute atomic E-state index is 0.548. The van der Waals surface area contributed by atoms with Crippen LogP contribution in [0, 0.1) is 12.8 Å². The minimum Gasteiger partial charge on any atom is -0.373 e. The number of aromatic nitrogens is 4. The summed E-state index contributed by atoms with van der Waals surface area (Å²) in [5.74, 6) is 2.48. The average Bonchev–Trinajstić information content (AvgIpc) is 2.38. The van der Waals surface area contributed by atoms with Crippen LogP contribution in [0.3, 0.4) is 0 Å². The van der Waals surface area contributed by atoms with Crippen molar-refractivity contribution in [2.24, 2.45) is 5.92 Å². The molecule has 0 spiro atoms. The van der Waals surface area contributed by atoms with Crippen molar-refractivity contribution < 1.29 is 0 Å². The van der Waals surface area contributed by atoms with Crippen molar-refractivity contribution in [1.29, 1.82) is 0 Å². The molecule has 0 unspecified atom stereocenters. The van der Waals surface area contributed by atoms with E-state index in [0.29, 0.717) is 17.6 Å². The molecule has 0 bridgehead atoms. The summed E-state index contributed by atoms with van der Waals surface area (Å²) in [4.78, 5) is 17.5. The Kier molecular flexibility index (Phi) is 4.04. The van der Waals surface area contributed by atoms with Gasteiger partial charge < -0.3 is 5.32 Å². The van der Waals surface area contributed by atoms with Gasteiger partial charge in [0.2, 0.25) is 0 Å². The van der Waals surface area contributed by atoms with E-state index in [1.165, 1.54) is 0 Å². The normalized spacial score (nSPS) is 10.8. The van der Waals surface area contributed by atoms with Gasteiger partial charge in [-0.2, -0.15) is 0 Å². The van der Waals surface area contributed by atoms with Crippen LogP contribution in [0.1, 0.15) is 25.1 Å². The van der Waals surface area contributed by atoms with Gasteiger partial charge >= 0.3 is 0 Å². The predicted octanol–water partition coefficient (Wildman–Crippen LogP) is 2.48. The van der Waals surface area contributed by atoms with Gasteiger partial charge in [0.25, 0.3) is 0 Å². The van der Waals surface area contributed by atoms with Gasteiger partial charge in [-0.05, 0) is 24.8 Å². The molecule has 0 radical (unpaired) electrons. The Morgan fingerprint density at radius 1 is 1.11 bits per heavy atom. The van der Waals surface area contributed by atoms with E-state index in [1.807, 2.05) is 20.0 Å². The third-order valence-electron chi connectivity index (χ3n) is 2.63. The molecule has 0 saturated heterocycles. The van der Waals surface area contributed by atoms with E-state index in [1.54, 1.807) is 12.4 Å². The molecule has 2 rings (SSSR count). The van der Waals surface area contributed by atoms with Gasteiger partial charge in [0, 0.05) is 31.2 Å². The third kappa shape index (κ3) is 3.47. The predicted molar refractivity (Wildman–Crippen MR) is 75.9 cm³/mol. The monoisotopic (exact) mass is 257 g/mol. The van der Waals surface area contributed by atoms with Crippen LogP contribution in [-0.4, -0.2) is 27.0 Å². The molecule has 0 aliphatic carbocycles. The van der Waals surface area contributed by atoms with Crippen LogP contribution in [0.5, 0.6) is 0 Å². The van der Waals surface area contributed by atoms with Gasteiger partial charge in [-0.25, -0.2) is 19.9 Å². The van der Waals surface area contributed by atoms with Gasteiger partial charge in [0.15, 0.2) is 11.6 Å². The first kappa shape index (κ1) is 13.4. The van der Waals surface area contributed by atoms with Crippen LogP contribution in [0.2, 0.25) is 0 Å². The number of hydrogen-bond donors (Lipinski definition) is 1. The smallest absolute Gasteiger partial charge is 0.199 e. The molecule has 5 heteroatoms. The van der Waals surface area contributed by atoms with Crippen LogP contribution in [0.15, 0.2) is 18.5 Å². The topological polar surface area (TPSA) is 63.6 Å². The molecule has 1 N–H and O–H groups in total. The molecule has 0 aliphatic rings. The summed E-state index contributed by atoms with van der Waals surface area (Å²) in [6.07, 6.45) is 4.47. The zero-order chi connectivity index (χ0) is 13.8. The SMILES string of the molecule is CNc1cc(CC(C)C)nc(-c2ncc(C)cn2)n1. The molecular weight excluding hydrogens is 238 g/mol. The Morgan fingerprint density at radius 2 is 1.79 bits per heavy atom. The number of nitrogens with one attached hydrogen (secondary N) is 1. The molecule has 0 saturated carbocycles. The van der Waals surface area contributed by atoms with Crippen LogP contribution in [-0.2, 0) is 6.42 Å². The lowest BCUT2D eigenvalue weighted by molar-refractivity contribution is 0.634. The summed E-state index contributed by atoms with van der Waals surface area (Å²) in [5.41, 5.74) is 2.03. The van der Waals surface area contributed by atoms with Gasteiger partial charge in [-0.3, -0.25) is 0 Å². The van der Waals surface area contributed by atoms with E-state index in [-0.39, 0.29) is 0 Å². The molecule has 2 aromatic rings. The second kappa shape index (κ2) is 5.73. The number of aryl methyl sites for hydroxylation is 1. The zero-order valence-electron chi connectivity index (χ0n) is 11.8. The first-order chi connectivity index (χ1) is 9.08. The van der Waals surface area contributed by atoms with Crippen molar-refractivity contribution >= 4 is 5.82 Å². The van der Waals surface area contributed by atoms with E-state index in [4.69, 9.17) is 0 Å². The molecule has 0 atom stereocenters. The number of rotatable bonds is 4. The Labute approximate surface area is 113 Å². The maximum absolute atomic E-state index is 4.55. The Morgan fingerprint density at radius 3 is 2.37 bits per heavy atom. The second-order valence-corrected chi connectivity index (χ2v) is 5.00.